The topological polar surface area (TPSA) is 57.6 Å². The molecule has 0 unspecified atom stereocenters. The Bertz CT molecular complexity index is 282. The molecule has 1 N–H and O–H groups in total. The monoisotopic (exact) mass is 249 g/mol. The lowest BCUT2D eigenvalue weighted by atomic mass is 9.92. The van der Waals surface area contributed by atoms with Crippen LogP contribution in [0.2, 0.25) is 0 Å². The van der Waals surface area contributed by atoms with Crippen LogP contribution < -0.4 is 0 Å². The zero-order chi connectivity index (χ0) is 12.0. The van der Waals surface area contributed by atoms with Crippen molar-refractivity contribution in [3.63, 3.8) is 0 Å². The van der Waals surface area contributed by atoms with Crippen LogP contribution in [0.4, 0.5) is 0 Å². The third-order valence-electron chi connectivity index (χ3n) is 3.42. The van der Waals surface area contributed by atoms with E-state index in [1.165, 1.54) is 25.9 Å². The summed E-state index contributed by atoms with van der Waals surface area (Å²) in [5, 5.41) is 0. The van der Waals surface area contributed by atoms with Crippen molar-refractivity contribution in [2.45, 2.75) is 39.0 Å². The van der Waals surface area contributed by atoms with Gasteiger partial charge < -0.3 is 4.90 Å². The van der Waals surface area contributed by atoms with Crippen LogP contribution in [0.3, 0.4) is 0 Å². The van der Waals surface area contributed by atoms with Crippen molar-refractivity contribution in [1.29, 1.82) is 0 Å². The number of unbranched alkanes of at least 4 members (excludes halogenated alkanes) is 1. The Morgan fingerprint density at radius 3 is 2.38 bits per heavy atom. The van der Waals surface area contributed by atoms with Crippen molar-refractivity contribution >= 4 is 10.1 Å². The molecule has 0 saturated carbocycles. The molecule has 0 bridgehead atoms. The lowest BCUT2D eigenvalue weighted by Gasteiger charge is -2.30. The van der Waals surface area contributed by atoms with E-state index in [1.807, 2.05) is 0 Å². The fourth-order valence-electron chi connectivity index (χ4n) is 2.31. The molecule has 1 heterocycles. The summed E-state index contributed by atoms with van der Waals surface area (Å²) in [5.41, 5.74) is 0. The molecule has 4 nitrogen and oxygen atoms in total. The Kier molecular flexibility index (Phi) is 5.72. The number of hydrogen-bond acceptors (Lipinski definition) is 3. The summed E-state index contributed by atoms with van der Waals surface area (Å²) in [6.45, 7) is 5.68. The van der Waals surface area contributed by atoms with E-state index in [9.17, 15) is 8.42 Å². The molecule has 0 radical (unpaired) electrons. The molecule has 0 spiro atoms. The molecule has 1 rings (SSSR count). The molecule has 16 heavy (non-hydrogen) atoms. The quantitative estimate of drug-likeness (QED) is 0.576. The molecule has 5 heteroatoms. The number of likely N-dealkylation sites (tertiary alicyclic amines) is 1. The lowest BCUT2D eigenvalue weighted by Crippen LogP contribution is -2.33. The van der Waals surface area contributed by atoms with Gasteiger partial charge in [0.25, 0.3) is 10.1 Å². The van der Waals surface area contributed by atoms with Crippen molar-refractivity contribution in [3.8, 4) is 0 Å². The Hall–Kier alpha value is -0.130. The maximum atomic E-state index is 10.5. The van der Waals surface area contributed by atoms with Crippen molar-refractivity contribution in [1.82, 2.24) is 4.90 Å². The molecule has 1 aliphatic rings. The average molecular weight is 249 g/mol. The van der Waals surface area contributed by atoms with Gasteiger partial charge in [0.15, 0.2) is 0 Å². The molecule has 1 aliphatic heterocycles. The first-order chi connectivity index (χ1) is 7.51. The summed E-state index contributed by atoms with van der Waals surface area (Å²) < 4.78 is 29.6. The summed E-state index contributed by atoms with van der Waals surface area (Å²) >= 11 is 0. The van der Waals surface area contributed by atoms with Gasteiger partial charge in [-0.15, -0.1) is 0 Å². The van der Waals surface area contributed by atoms with E-state index in [-0.39, 0.29) is 5.75 Å². The first-order valence-corrected chi connectivity index (χ1v) is 7.79. The number of nitrogens with zero attached hydrogens (tertiary/aromatic N) is 1. The molecule has 96 valence electrons. The van der Waals surface area contributed by atoms with Crippen molar-refractivity contribution in [2.24, 2.45) is 5.92 Å². The second-order valence-electron chi connectivity index (χ2n) is 4.66. The highest BCUT2D eigenvalue weighted by Gasteiger charge is 2.17. The molecular formula is C11H23NO3S. The summed E-state index contributed by atoms with van der Waals surface area (Å²) in [6.07, 6.45) is 5.08. The third kappa shape index (κ3) is 5.82. The first kappa shape index (κ1) is 13.9. The Balaban J connectivity index is 2.07. The molecule has 0 aromatic rings. The van der Waals surface area contributed by atoms with Gasteiger partial charge in [-0.3, -0.25) is 4.55 Å². The minimum Gasteiger partial charge on any atom is -0.304 e. The normalized spacial score (nSPS) is 20.1. The highest BCUT2D eigenvalue weighted by atomic mass is 32.2. The van der Waals surface area contributed by atoms with Gasteiger partial charge in [0.05, 0.1) is 5.75 Å². The van der Waals surface area contributed by atoms with Gasteiger partial charge in [-0.2, -0.15) is 8.42 Å². The number of piperidine rings is 1. The molecule has 0 aliphatic carbocycles. The third-order valence-corrected chi connectivity index (χ3v) is 4.22. The van der Waals surface area contributed by atoms with Crippen LogP contribution in [0, 0.1) is 5.92 Å². The van der Waals surface area contributed by atoms with E-state index in [1.54, 1.807) is 0 Å². The van der Waals surface area contributed by atoms with Gasteiger partial charge >= 0.3 is 0 Å². The van der Waals surface area contributed by atoms with Crippen LogP contribution in [0.5, 0.6) is 0 Å². The maximum absolute atomic E-state index is 10.5. The standard InChI is InChI=1S/C11H23NO3S/c1-2-12-8-6-11(7-9-12)5-3-4-10-16(13,14)15/h11H,2-10H2,1H3,(H,13,14,15). The average Bonchev–Trinajstić information content (AvgIpc) is 2.24. The van der Waals surface area contributed by atoms with Crippen molar-refractivity contribution in [2.75, 3.05) is 25.4 Å². The van der Waals surface area contributed by atoms with Gasteiger partial charge in [-0.05, 0) is 44.8 Å². The summed E-state index contributed by atoms with van der Waals surface area (Å²) in [5.74, 6) is 0.671. The summed E-state index contributed by atoms with van der Waals surface area (Å²) in [6, 6.07) is 0. The van der Waals surface area contributed by atoms with E-state index in [0.717, 1.165) is 25.3 Å². The maximum Gasteiger partial charge on any atom is 0.264 e. The van der Waals surface area contributed by atoms with Crippen molar-refractivity contribution < 1.29 is 13.0 Å². The molecule has 0 atom stereocenters. The van der Waals surface area contributed by atoms with E-state index < -0.39 is 10.1 Å². The lowest BCUT2D eigenvalue weighted by molar-refractivity contribution is 0.185. The van der Waals surface area contributed by atoms with Gasteiger partial charge in [0.2, 0.25) is 0 Å². The largest absolute Gasteiger partial charge is 0.304 e. The molecule has 1 saturated heterocycles. The zero-order valence-corrected chi connectivity index (χ0v) is 10.9. The van der Waals surface area contributed by atoms with Crippen LogP contribution in [0.1, 0.15) is 39.0 Å². The minimum atomic E-state index is -3.75. The minimum absolute atomic E-state index is 0.0825. The first-order valence-electron chi connectivity index (χ1n) is 6.19. The Morgan fingerprint density at radius 2 is 1.88 bits per heavy atom. The van der Waals surface area contributed by atoms with Gasteiger partial charge in [0.1, 0.15) is 0 Å². The zero-order valence-electron chi connectivity index (χ0n) is 10.1. The fraction of sp³-hybridized carbons (Fsp3) is 1.00. The molecule has 0 amide bonds. The molecule has 1 fully saturated rings. The Labute approximate surface area is 98.8 Å². The molecular weight excluding hydrogens is 226 g/mol. The second kappa shape index (κ2) is 6.57. The molecule has 0 aromatic carbocycles. The van der Waals surface area contributed by atoms with Crippen LogP contribution in [-0.2, 0) is 10.1 Å². The van der Waals surface area contributed by atoms with E-state index in [0.29, 0.717) is 6.42 Å². The highest BCUT2D eigenvalue weighted by molar-refractivity contribution is 7.85. The fourth-order valence-corrected chi connectivity index (χ4v) is 2.88. The van der Waals surface area contributed by atoms with E-state index in [2.05, 4.69) is 11.8 Å². The van der Waals surface area contributed by atoms with Crippen LogP contribution >= 0.6 is 0 Å². The predicted molar refractivity (Wildman–Crippen MR) is 65.1 cm³/mol. The SMILES string of the molecule is CCN1CCC(CCCCS(=O)(=O)O)CC1. The number of hydrogen-bond donors (Lipinski definition) is 1. The summed E-state index contributed by atoms with van der Waals surface area (Å²) in [4.78, 5) is 2.45. The van der Waals surface area contributed by atoms with Crippen LogP contribution in [0.15, 0.2) is 0 Å². The predicted octanol–water partition coefficient (Wildman–Crippen LogP) is 1.78. The smallest absolute Gasteiger partial charge is 0.264 e. The highest BCUT2D eigenvalue weighted by Crippen LogP contribution is 2.22. The van der Waals surface area contributed by atoms with Gasteiger partial charge in [-0.25, -0.2) is 0 Å². The summed E-state index contributed by atoms with van der Waals surface area (Å²) in [7, 11) is -3.75. The Morgan fingerprint density at radius 1 is 1.25 bits per heavy atom. The van der Waals surface area contributed by atoms with Crippen LogP contribution in [0.25, 0.3) is 0 Å². The van der Waals surface area contributed by atoms with Gasteiger partial charge in [0, 0.05) is 0 Å². The van der Waals surface area contributed by atoms with E-state index in [4.69, 9.17) is 4.55 Å². The van der Waals surface area contributed by atoms with Gasteiger partial charge in [-0.1, -0.05) is 19.8 Å². The number of rotatable bonds is 6. The van der Waals surface area contributed by atoms with Crippen molar-refractivity contribution in [3.05, 3.63) is 0 Å². The van der Waals surface area contributed by atoms with E-state index >= 15 is 0 Å². The molecule has 0 aromatic heterocycles. The van der Waals surface area contributed by atoms with Crippen LogP contribution in [-0.4, -0.2) is 43.3 Å². The second-order valence-corrected chi connectivity index (χ2v) is 6.23.